The fraction of sp³-hybridized carbons (Fsp3) is 0.333. The molecular formula is C15H21N5. The summed E-state index contributed by atoms with van der Waals surface area (Å²) in [6.07, 6.45) is 2.56. The molecule has 0 amide bonds. The Morgan fingerprint density at radius 2 is 2.00 bits per heavy atom. The van der Waals surface area contributed by atoms with E-state index in [-0.39, 0.29) is 0 Å². The van der Waals surface area contributed by atoms with Crippen molar-refractivity contribution in [1.29, 1.82) is 0 Å². The van der Waals surface area contributed by atoms with Crippen LogP contribution in [0.5, 0.6) is 0 Å². The third kappa shape index (κ3) is 3.05. The van der Waals surface area contributed by atoms with Crippen LogP contribution in [-0.2, 0) is 6.42 Å². The Kier molecular flexibility index (Phi) is 4.53. The number of aliphatic imine (C=N–C) groups is 1. The maximum atomic E-state index is 5.70. The van der Waals surface area contributed by atoms with E-state index < -0.39 is 0 Å². The predicted molar refractivity (Wildman–Crippen MR) is 82.9 cm³/mol. The summed E-state index contributed by atoms with van der Waals surface area (Å²) in [7, 11) is 3.89. The molecule has 0 aliphatic heterocycles. The van der Waals surface area contributed by atoms with Gasteiger partial charge in [0.2, 0.25) is 0 Å². The van der Waals surface area contributed by atoms with Gasteiger partial charge in [-0.3, -0.25) is 0 Å². The number of aryl methyl sites for hydroxylation is 1. The van der Waals surface area contributed by atoms with Gasteiger partial charge in [0, 0.05) is 19.7 Å². The third-order valence-corrected chi connectivity index (χ3v) is 2.96. The normalized spacial score (nSPS) is 11.2. The maximum absolute atomic E-state index is 5.70. The molecule has 1 aromatic heterocycles. The first-order valence-electron chi connectivity index (χ1n) is 6.68. The van der Waals surface area contributed by atoms with Crippen LogP contribution in [0.1, 0.15) is 11.3 Å². The zero-order chi connectivity index (χ0) is 14.5. The lowest BCUT2D eigenvalue weighted by Crippen LogP contribution is -2.08. The number of hydrogen-bond acceptors (Lipinski definition) is 3. The third-order valence-electron chi connectivity index (χ3n) is 2.96. The molecule has 1 heterocycles. The van der Waals surface area contributed by atoms with Crippen LogP contribution in [0.3, 0.4) is 0 Å². The monoisotopic (exact) mass is 271 g/mol. The van der Waals surface area contributed by atoms with E-state index in [1.165, 1.54) is 0 Å². The topological polar surface area (TPSA) is 59.4 Å². The van der Waals surface area contributed by atoms with Crippen molar-refractivity contribution in [2.45, 2.75) is 13.3 Å². The van der Waals surface area contributed by atoms with Crippen LogP contribution in [0.25, 0.3) is 5.69 Å². The zero-order valence-corrected chi connectivity index (χ0v) is 12.2. The molecule has 0 spiro atoms. The van der Waals surface area contributed by atoms with E-state index in [4.69, 9.17) is 5.73 Å². The van der Waals surface area contributed by atoms with E-state index in [2.05, 4.69) is 10.1 Å². The van der Waals surface area contributed by atoms with Crippen LogP contribution < -0.4 is 5.73 Å². The van der Waals surface area contributed by atoms with Crippen LogP contribution in [0.4, 0.5) is 5.82 Å². The van der Waals surface area contributed by atoms with Crippen molar-refractivity contribution in [1.82, 2.24) is 14.7 Å². The van der Waals surface area contributed by atoms with Gasteiger partial charge < -0.3 is 10.6 Å². The molecule has 2 aromatic rings. The summed E-state index contributed by atoms with van der Waals surface area (Å²) in [4.78, 5) is 6.47. The number of aromatic nitrogens is 2. The van der Waals surface area contributed by atoms with E-state index in [0.717, 1.165) is 29.2 Å². The van der Waals surface area contributed by atoms with Crippen molar-refractivity contribution < 1.29 is 0 Å². The van der Waals surface area contributed by atoms with Crippen LogP contribution in [0, 0.1) is 6.92 Å². The first-order chi connectivity index (χ1) is 9.63. The summed E-state index contributed by atoms with van der Waals surface area (Å²) in [6.45, 7) is 2.59. The number of hydrogen-bond donors (Lipinski definition) is 1. The second kappa shape index (κ2) is 6.34. The van der Waals surface area contributed by atoms with E-state index >= 15 is 0 Å². The molecule has 2 rings (SSSR count). The van der Waals surface area contributed by atoms with Crippen LogP contribution >= 0.6 is 0 Å². The lowest BCUT2D eigenvalue weighted by atomic mass is 10.2. The van der Waals surface area contributed by atoms with Gasteiger partial charge in [0.25, 0.3) is 0 Å². The summed E-state index contributed by atoms with van der Waals surface area (Å²) >= 11 is 0. The van der Waals surface area contributed by atoms with Gasteiger partial charge in [0.05, 0.1) is 17.7 Å². The Bertz CT molecular complexity index is 584. The molecule has 5 nitrogen and oxygen atoms in total. The first kappa shape index (κ1) is 14.3. The number of benzene rings is 1. The van der Waals surface area contributed by atoms with Gasteiger partial charge in [-0.15, -0.1) is 0 Å². The Hall–Kier alpha value is -2.14. The highest BCUT2D eigenvalue weighted by Gasteiger charge is 2.14. The smallest absolute Gasteiger partial charge is 0.160 e. The van der Waals surface area contributed by atoms with Crippen molar-refractivity contribution >= 4 is 12.2 Å². The average molecular weight is 271 g/mol. The van der Waals surface area contributed by atoms with Crippen molar-refractivity contribution in [2.75, 3.05) is 20.6 Å². The molecule has 1 aromatic carbocycles. The Morgan fingerprint density at radius 3 is 2.60 bits per heavy atom. The second-order valence-electron chi connectivity index (χ2n) is 4.88. The Labute approximate surface area is 119 Å². The van der Waals surface area contributed by atoms with Gasteiger partial charge in [-0.05, 0) is 32.0 Å². The molecule has 0 fully saturated rings. The number of nitrogens with zero attached hydrogens (tertiary/aromatic N) is 4. The molecule has 0 aliphatic carbocycles. The van der Waals surface area contributed by atoms with Crippen LogP contribution in [0.15, 0.2) is 35.3 Å². The minimum Gasteiger partial charge on any atom is -0.369 e. The van der Waals surface area contributed by atoms with E-state index in [1.807, 2.05) is 60.9 Å². The highest BCUT2D eigenvalue weighted by Crippen LogP contribution is 2.26. The van der Waals surface area contributed by atoms with Crippen molar-refractivity contribution in [2.24, 2.45) is 10.7 Å². The van der Waals surface area contributed by atoms with Crippen LogP contribution in [0.2, 0.25) is 0 Å². The molecule has 0 saturated carbocycles. The van der Waals surface area contributed by atoms with Gasteiger partial charge in [0.1, 0.15) is 0 Å². The average Bonchev–Trinajstić information content (AvgIpc) is 2.75. The fourth-order valence-corrected chi connectivity index (χ4v) is 2.04. The number of rotatable bonds is 5. The molecule has 106 valence electrons. The molecule has 0 radical (unpaired) electrons. The molecule has 5 heteroatoms. The Balaban J connectivity index is 2.53. The lowest BCUT2D eigenvalue weighted by Gasteiger charge is -2.07. The fourth-order valence-electron chi connectivity index (χ4n) is 2.04. The molecule has 0 saturated heterocycles. The van der Waals surface area contributed by atoms with E-state index in [0.29, 0.717) is 6.54 Å². The maximum Gasteiger partial charge on any atom is 0.160 e. The minimum atomic E-state index is 0.589. The summed E-state index contributed by atoms with van der Waals surface area (Å²) in [5, 5.41) is 4.61. The van der Waals surface area contributed by atoms with Gasteiger partial charge >= 0.3 is 0 Å². The highest BCUT2D eigenvalue weighted by atomic mass is 15.3. The van der Waals surface area contributed by atoms with Crippen molar-refractivity contribution in [3.8, 4) is 5.69 Å². The zero-order valence-electron chi connectivity index (χ0n) is 12.2. The summed E-state index contributed by atoms with van der Waals surface area (Å²) in [6, 6.07) is 10.0. The number of para-hydroxylation sites is 1. The molecular weight excluding hydrogens is 250 g/mol. The first-order valence-corrected chi connectivity index (χ1v) is 6.68. The van der Waals surface area contributed by atoms with Crippen LogP contribution in [-0.4, -0.2) is 41.7 Å². The molecule has 0 atom stereocenters. The molecule has 0 bridgehead atoms. The largest absolute Gasteiger partial charge is 0.369 e. The predicted octanol–water partition coefficient (Wildman–Crippen LogP) is 1.90. The SMILES string of the molecule is Cc1nn(-c2ccccc2)c(/N=C/N(C)C)c1CCN. The lowest BCUT2D eigenvalue weighted by molar-refractivity contribution is 0.642. The van der Waals surface area contributed by atoms with Gasteiger partial charge in [0.15, 0.2) is 5.82 Å². The minimum absolute atomic E-state index is 0.589. The second-order valence-corrected chi connectivity index (χ2v) is 4.88. The number of nitrogens with two attached hydrogens (primary N) is 1. The van der Waals surface area contributed by atoms with Gasteiger partial charge in [-0.2, -0.15) is 5.10 Å². The summed E-state index contributed by atoms with van der Waals surface area (Å²) in [5.74, 6) is 0.854. The van der Waals surface area contributed by atoms with Crippen molar-refractivity contribution in [3.63, 3.8) is 0 Å². The molecule has 20 heavy (non-hydrogen) atoms. The van der Waals surface area contributed by atoms with E-state index in [9.17, 15) is 0 Å². The van der Waals surface area contributed by atoms with E-state index in [1.54, 1.807) is 6.34 Å². The quantitative estimate of drug-likeness (QED) is 0.667. The highest BCUT2D eigenvalue weighted by molar-refractivity contribution is 5.62. The molecule has 0 unspecified atom stereocenters. The summed E-state index contributed by atoms with van der Waals surface area (Å²) in [5.41, 5.74) is 8.79. The van der Waals surface area contributed by atoms with Gasteiger partial charge in [-0.1, -0.05) is 18.2 Å². The summed E-state index contributed by atoms with van der Waals surface area (Å²) < 4.78 is 1.88. The standard InChI is InChI=1S/C15H21N5/c1-12-14(9-10-16)15(17-11-19(2)3)20(18-12)13-7-5-4-6-8-13/h4-8,11H,9-10,16H2,1-3H3/b17-11+. The van der Waals surface area contributed by atoms with Gasteiger partial charge in [-0.25, -0.2) is 9.67 Å². The Morgan fingerprint density at radius 1 is 1.30 bits per heavy atom. The molecule has 2 N–H and O–H groups in total. The molecule has 0 aliphatic rings. The van der Waals surface area contributed by atoms with Crippen molar-refractivity contribution in [3.05, 3.63) is 41.6 Å².